The fourth-order valence-corrected chi connectivity index (χ4v) is 5.51. The van der Waals surface area contributed by atoms with Gasteiger partial charge in [0.1, 0.15) is 11.2 Å². The maximum Gasteiger partial charge on any atom is 0.387 e. The fourth-order valence-electron chi connectivity index (χ4n) is 5.51. The van der Waals surface area contributed by atoms with E-state index in [9.17, 15) is 23.2 Å². The molecule has 0 spiro atoms. The zero-order valence-corrected chi connectivity index (χ0v) is 23.2. The molecule has 9 nitrogen and oxygen atoms in total. The fraction of sp³-hybridized carbons (Fsp3) is 0.552. The van der Waals surface area contributed by atoms with Gasteiger partial charge in [-0.05, 0) is 52.2 Å². The Morgan fingerprint density at radius 3 is 2.55 bits per heavy atom. The molecule has 1 saturated heterocycles. The van der Waals surface area contributed by atoms with E-state index >= 15 is 0 Å². The van der Waals surface area contributed by atoms with Gasteiger partial charge in [-0.1, -0.05) is 12.1 Å². The monoisotopic (exact) mass is 559 g/mol. The zero-order valence-electron chi connectivity index (χ0n) is 23.2. The number of piperazine rings is 1. The Hall–Kier alpha value is -3.31. The number of benzene rings is 1. The molecule has 40 heavy (non-hydrogen) atoms. The third kappa shape index (κ3) is 5.90. The predicted molar refractivity (Wildman–Crippen MR) is 145 cm³/mol. The molecule has 0 radical (unpaired) electrons. The van der Waals surface area contributed by atoms with Crippen LogP contribution in [0.2, 0.25) is 0 Å². The van der Waals surface area contributed by atoms with Crippen LogP contribution in [0, 0.1) is 0 Å². The van der Waals surface area contributed by atoms with Crippen molar-refractivity contribution in [1.29, 1.82) is 0 Å². The highest BCUT2D eigenvalue weighted by molar-refractivity contribution is 5.97. The van der Waals surface area contributed by atoms with E-state index in [1.807, 2.05) is 31.7 Å². The largest absolute Gasteiger partial charge is 0.462 e. The van der Waals surface area contributed by atoms with Gasteiger partial charge in [0.15, 0.2) is 5.75 Å². The molecule has 2 aromatic rings. The summed E-state index contributed by atoms with van der Waals surface area (Å²) in [6.45, 7) is 6.81. The van der Waals surface area contributed by atoms with E-state index in [1.54, 1.807) is 23.6 Å². The molecule has 1 atom stereocenters. The Labute approximate surface area is 231 Å². The smallest absolute Gasteiger partial charge is 0.387 e. The number of hydrogen-bond donors (Lipinski definition) is 0. The van der Waals surface area contributed by atoms with Crippen LogP contribution in [-0.2, 0) is 14.3 Å². The Morgan fingerprint density at radius 1 is 1.15 bits per heavy atom. The van der Waals surface area contributed by atoms with Crippen molar-refractivity contribution < 1.29 is 32.6 Å². The van der Waals surface area contributed by atoms with Crippen molar-refractivity contribution in [1.82, 2.24) is 14.4 Å². The van der Waals surface area contributed by atoms with Gasteiger partial charge in [0, 0.05) is 50.0 Å². The second-order valence-corrected chi connectivity index (χ2v) is 11.5. The Bertz CT molecular complexity index is 1410. The van der Waals surface area contributed by atoms with Crippen molar-refractivity contribution in [3.8, 4) is 5.75 Å². The molecular formula is C29H35F2N3O6. The lowest BCUT2D eigenvalue weighted by molar-refractivity contribution is -0.156. The second-order valence-electron chi connectivity index (χ2n) is 11.5. The maximum absolute atomic E-state index is 13.8. The van der Waals surface area contributed by atoms with Gasteiger partial charge in [0.05, 0.1) is 24.1 Å². The average molecular weight is 560 g/mol. The van der Waals surface area contributed by atoms with E-state index in [0.29, 0.717) is 31.7 Å². The van der Waals surface area contributed by atoms with E-state index < -0.39 is 23.6 Å². The quantitative estimate of drug-likeness (QED) is 0.451. The molecule has 1 aromatic heterocycles. The summed E-state index contributed by atoms with van der Waals surface area (Å²) in [6, 6.07) is 3.16. The first-order chi connectivity index (χ1) is 18.9. The molecule has 216 valence electrons. The molecule has 2 aliphatic heterocycles. The molecule has 2 fully saturated rings. The van der Waals surface area contributed by atoms with E-state index in [1.165, 1.54) is 6.20 Å². The van der Waals surface area contributed by atoms with Gasteiger partial charge in [-0.15, -0.1) is 0 Å². The van der Waals surface area contributed by atoms with Crippen LogP contribution in [0.15, 0.2) is 29.2 Å². The highest BCUT2D eigenvalue weighted by Crippen LogP contribution is 2.43. The molecule has 3 heterocycles. The van der Waals surface area contributed by atoms with Gasteiger partial charge in [0.25, 0.3) is 0 Å². The standard InChI is InChI=1S/C29H35F2N3O6/c1-5-38-27(37)22-15-34(18-6-7-18)24-21(25(22)36)9-8-20(26(24)39-28(30)31)17-12-19-14-32(10-11-33(19)13-17)16-23(35)40-29(2,3)4/h8-9,12,15,18-19,28H,5-7,10-11,13-14,16H2,1-4H3. The third-order valence-corrected chi connectivity index (χ3v) is 7.29. The van der Waals surface area contributed by atoms with Crippen molar-refractivity contribution in [2.24, 2.45) is 0 Å². The Kier molecular flexibility index (Phi) is 7.71. The van der Waals surface area contributed by atoms with Crippen LogP contribution in [0.5, 0.6) is 5.75 Å². The number of rotatable bonds is 8. The van der Waals surface area contributed by atoms with Crippen LogP contribution in [0.3, 0.4) is 0 Å². The normalized spacial score (nSPS) is 20.0. The Balaban J connectivity index is 1.51. The molecule has 0 N–H and O–H groups in total. The molecular weight excluding hydrogens is 524 g/mol. The summed E-state index contributed by atoms with van der Waals surface area (Å²) in [7, 11) is 0. The first kappa shape index (κ1) is 28.2. The van der Waals surface area contributed by atoms with Crippen molar-refractivity contribution in [2.75, 3.05) is 39.3 Å². The molecule has 1 aromatic carbocycles. The molecule has 3 aliphatic rings. The van der Waals surface area contributed by atoms with Crippen molar-refractivity contribution in [3.05, 3.63) is 45.8 Å². The number of hydrogen-bond acceptors (Lipinski definition) is 8. The third-order valence-electron chi connectivity index (χ3n) is 7.29. The zero-order chi connectivity index (χ0) is 28.8. The molecule has 1 unspecified atom stereocenters. The summed E-state index contributed by atoms with van der Waals surface area (Å²) in [5.74, 6) is -1.09. The summed E-state index contributed by atoms with van der Waals surface area (Å²) in [5.41, 5.74) is 0.292. The van der Waals surface area contributed by atoms with E-state index in [-0.39, 0.29) is 53.4 Å². The average Bonchev–Trinajstić information content (AvgIpc) is 3.61. The number of alkyl halides is 2. The van der Waals surface area contributed by atoms with Gasteiger partial charge in [-0.3, -0.25) is 19.4 Å². The lowest BCUT2D eigenvalue weighted by Crippen LogP contribution is -2.52. The SMILES string of the molecule is CCOC(=O)c1cn(C2CC2)c2c(OC(F)F)c(C3=CC4CN(CC(=O)OC(C)(C)C)CCN4C3)ccc2c1=O. The number of aromatic nitrogens is 1. The summed E-state index contributed by atoms with van der Waals surface area (Å²) >= 11 is 0. The number of carbonyl (C=O) groups is 2. The Morgan fingerprint density at radius 2 is 1.90 bits per heavy atom. The minimum absolute atomic E-state index is 0.0156. The minimum atomic E-state index is -3.11. The highest BCUT2D eigenvalue weighted by Gasteiger charge is 2.35. The van der Waals surface area contributed by atoms with Crippen molar-refractivity contribution >= 4 is 28.4 Å². The van der Waals surface area contributed by atoms with Gasteiger partial charge < -0.3 is 18.8 Å². The first-order valence-electron chi connectivity index (χ1n) is 13.7. The number of esters is 2. The molecule has 11 heteroatoms. The minimum Gasteiger partial charge on any atom is -0.462 e. The van der Waals surface area contributed by atoms with Gasteiger partial charge in [0.2, 0.25) is 5.43 Å². The number of pyridine rings is 1. The molecule has 1 aliphatic carbocycles. The number of halogens is 2. The van der Waals surface area contributed by atoms with Crippen LogP contribution in [0.1, 0.15) is 62.5 Å². The van der Waals surface area contributed by atoms with E-state index in [2.05, 4.69) is 4.90 Å². The number of carbonyl (C=O) groups excluding carboxylic acids is 2. The van der Waals surface area contributed by atoms with Crippen molar-refractivity contribution in [3.63, 3.8) is 0 Å². The van der Waals surface area contributed by atoms with Crippen LogP contribution >= 0.6 is 0 Å². The first-order valence-corrected chi connectivity index (χ1v) is 13.7. The van der Waals surface area contributed by atoms with Crippen molar-refractivity contribution in [2.45, 2.75) is 64.8 Å². The summed E-state index contributed by atoms with van der Waals surface area (Å²) in [4.78, 5) is 42.4. The molecule has 5 rings (SSSR count). The topological polar surface area (TPSA) is 90.3 Å². The van der Waals surface area contributed by atoms with Crippen LogP contribution in [0.4, 0.5) is 8.78 Å². The summed E-state index contributed by atoms with van der Waals surface area (Å²) in [5, 5.41) is 0.136. The second kappa shape index (κ2) is 10.9. The van der Waals surface area contributed by atoms with Crippen LogP contribution in [0.25, 0.3) is 16.5 Å². The van der Waals surface area contributed by atoms with Gasteiger partial charge >= 0.3 is 18.6 Å². The highest BCUT2D eigenvalue weighted by atomic mass is 19.3. The predicted octanol–water partition coefficient (Wildman–Crippen LogP) is 3.84. The lowest BCUT2D eigenvalue weighted by atomic mass is 10.0. The van der Waals surface area contributed by atoms with Crippen LogP contribution < -0.4 is 10.2 Å². The van der Waals surface area contributed by atoms with E-state index in [0.717, 1.165) is 18.4 Å². The number of nitrogens with zero attached hydrogens (tertiary/aromatic N) is 3. The number of ether oxygens (including phenoxy) is 3. The van der Waals surface area contributed by atoms with Gasteiger partial charge in [-0.2, -0.15) is 8.78 Å². The summed E-state index contributed by atoms with van der Waals surface area (Å²) in [6.07, 6.45) is 5.03. The molecule has 0 bridgehead atoms. The van der Waals surface area contributed by atoms with E-state index in [4.69, 9.17) is 14.2 Å². The van der Waals surface area contributed by atoms with Gasteiger partial charge in [-0.25, -0.2) is 4.79 Å². The maximum atomic E-state index is 13.8. The summed E-state index contributed by atoms with van der Waals surface area (Å²) < 4.78 is 45.0. The number of fused-ring (bicyclic) bond motifs is 2. The lowest BCUT2D eigenvalue weighted by Gasteiger charge is -2.37. The van der Waals surface area contributed by atoms with Crippen LogP contribution in [-0.4, -0.2) is 83.9 Å². The molecule has 0 amide bonds. The molecule has 1 saturated carbocycles.